The fraction of sp³-hybridized carbons (Fsp3) is 0.462. The lowest BCUT2D eigenvalue weighted by atomic mass is 9.93. The summed E-state index contributed by atoms with van der Waals surface area (Å²) in [5.74, 6) is -0.785. The van der Waals surface area contributed by atoms with Crippen LogP contribution in [0.4, 0.5) is 4.39 Å². The fourth-order valence-corrected chi connectivity index (χ4v) is 2.31. The standard InChI is InChI=1S/C13H15ClFNO2/c14-11-7-8(1-6-12(11)15)13(18)16-9-2-4-10(17)5-3-9/h1,6-7,9-10,17H,2-5H2,(H,16,18). The van der Waals surface area contributed by atoms with Crippen LogP contribution in [0.5, 0.6) is 0 Å². The molecule has 98 valence electrons. The molecular formula is C13H15ClFNO2. The Bertz CT molecular complexity index is 445. The van der Waals surface area contributed by atoms with Crippen molar-refractivity contribution in [3.63, 3.8) is 0 Å². The number of hydrogen-bond donors (Lipinski definition) is 2. The SMILES string of the molecule is O=C(NC1CCC(O)CC1)c1ccc(F)c(Cl)c1. The third kappa shape index (κ3) is 3.21. The maximum Gasteiger partial charge on any atom is 0.251 e. The number of amides is 1. The van der Waals surface area contributed by atoms with Gasteiger partial charge >= 0.3 is 0 Å². The normalized spacial score (nSPS) is 23.7. The zero-order valence-electron chi connectivity index (χ0n) is 9.83. The lowest BCUT2D eigenvalue weighted by Crippen LogP contribution is -2.38. The van der Waals surface area contributed by atoms with E-state index in [2.05, 4.69) is 5.32 Å². The van der Waals surface area contributed by atoms with Gasteiger partial charge in [-0.2, -0.15) is 0 Å². The van der Waals surface area contributed by atoms with E-state index in [0.29, 0.717) is 18.4 Å². The van der Waals surface area contributed by atoms with Crippen LogP contribution in [0.1, 0.15) is 36.0 Å². The molecule has 1 aliphatic carbocycles. The van der Waals surface area contributed by atoms with Crippen LogP contribution in [-0.4, -0.2) is 23.2 Å². The highest BCUT2D eigenvalue weighted by Gasteiger charge is 2.21. The van der Waals surface area contributed by atoms with Crippen molar-refractivity contribution in [2.45, 2.75) is 37.8 Å². The Morgan fingerprint density at radius 2 is 2.00 bits per heavy atom. The molecule has 0 unspecified atom stereocenters. The summed E-state index contributed by atoms with van der Waals surface area (Å²) in [6, 6.07) is 3.99. The van der Waals surface area contributed by atoms with Crippen molar-refractivity contribution in [2.24, 2.45) is 0 Å². The summed E-state index contributed by atoms with van der Waals surface area (Å²) >= 11 is 5.63. The topological polar surface area (TPSA) is 49.3 Å². The van der Waals surface area contributed by atoms with E-state index in [1.54, 1.807) is 0 Å². The molecule has 0 radical (unpaired) electrons. The maximum atomic E-state index is 13.0. The van der Waals surface area contributed by atoms with E-state index in [9.17, 15) is 14.3 Å². The minimum absolute atomic E-state index is 0.0540. The Hall–Kier alpha value is -1.13. The van der Waals surface area contributed by atoms with Gasteiger partial charge in [-0.3, -0.25) is 4.79 Å². The number of carbonyl (C=O) groups is 1. The molecule has 0 aromatic heterocycles. The minimum atomic E-state index is -0.533. The van der Waals surface area contributed by atoms with Crippen LogP contribution in [0.15, 0.2) is 18.2 Å². The lowest BCUT2D eigenvalue weighted by molar-refractivity contribution is 0.0867. The summed E-state index contributed by atoms with van der Waals surface area (Å²) in [4.78, 5) is 11.9. The van der Waals surface area contributed by atoms with Gasteiger partial charge in [0.2, 0.25) is 0 Å². The summed E-state index contributed by atoms with van der Waals surface area (Å²) in [6.07, 6.45) is 2.69. The smallest absolute Gasteiger partial charge is 0.251 e. The van der Waals surface area contributed by atoms with E-state index >= 15 is 0 Å². The van der Waals surface area contributed by atoms with Gasteiger partial charge in [-0.15, -0.1) is 0 Å². The minimum Gasteiger partial charge on any atom is -0.393 e. The molecular weight excluding hydrogens is 257 g/mol. The molecule has 18 heavy (non-hydrogen) atoms. The van der Waals surface area contributed by atoms with Crippen LogP contribution in [0.2, 0.25) is 5.02 Å². The Morgan fingerprint density at radius 3 is 2.61 bits per heavy atom. The summed E-state index contributed by atoms with van der Waals surface area (Å²) in [6.45, 7) is 0. The number of halogens is 2. The zero-order valence-corrected chi connectivity index (χ0v) is 10.6. The van der Waals surface area contributed by atoms with Gasteiger partial charge in [-0.1, -0.05) is 11.6 Å². The average molecular weight is 272 g/mol. The quantitative estimate of drug-likeness (QED) is 0.868. The summed E-state index contributed by atoms with van der Waals surface area (Å²) in [5.41, 5.74) is 0.354. The van der Waals surface area contributed by atoms with Gasteiger partial charge < -0.3 is 10.4 Å². The van der Waals surface area contributed by atoms with Gasteiger partial charge in [-0.05, 0) is 43.9 Å². The predicted molar refractivity (Wildman–Crippen MR) is 67.1 cm³/mol. The molecule has 0 aliphatic heterocycles. The molecule has 0 atom stereocenters. The van der Waals surface area contributed by atoms with Gasteiger partial charge in [-0.25, -0.2) is 4.39 Å². The average Bonchev–Trinajstić information content (AvgIpc) is 2.35. The lowest BCUT2D eigenvalue weighted by Gasteiger charge is -2.26. The van der Waals surface area contributed by atoms with E-state index < -0.39 is 5.82 Å². The van der Waals surface area contributed by atoms with E-state index in [4.69, 9.17) is 11.6 Å². The number of hydrogen-bond acceptors (Lipinski definition) is 2. The first-order chi connectivity index (χ1) is 8.56. The molecule has 2 N–H and O–H groups in total. The molecule has 1 aliphatic rings. The third-order valence-electron chi connectivity index (χ3n) is 3.21. The van der Waals surface area contributed by atoms with Crippen LogP contribution in [0.25, 0.3) is 0 Å². The van der Waals surface area contributed by atoms with E-state index in [1.165, 1.54) is 18.2 Å². The molecule has 1 amide bonds. The summed E-state index contributed by atoms with van der Waals surface area (Å²) < 4.78 is 13.0. The largest absolute Gasteiger partial charge is 0.393 e. The number of aliphatic hydroxyl groups excluding tert-OH is 1. The van der Waals surface area contributed by atoms with Crippen LogP contribution in [-0.2, 0) is 0 Å². The molecule has 0 saturated heterocycles. The zero-order chi connectivity index (χ0) is 13.1. The van der Waals surface area contributed by atoms with Crippen molar-refractivity contribution in [1.29, 1.82) is 0 Å². The molecule has 0 bridgehead atoms. The Labute approximate surface area is 110 Å². The number of aliphatic hydroxyl groups is 1. The number of carbonyl (C=O) groups excluding carboxylic acids is 1. The first kappa shape index (κ1) is 13.3. The predicted octanol–water partition coefficient (Wildman–Crippen LogP) is 2.51. The molecule has 1 aromatic carbocycles. The summed E-state index contributed by atoms with van der Waals surface area (Å²) in [5, 5.41) is 12.2. The van der Waals surface area contributed by atoms with Crippen LogP contribution >= 0.6 is 11.6 Å². The molecule has 0 spiro atoms. The molecule has 0 heterocycles. The molecule has 5 heteroatoms. The van der Waals surface area contributed by atoms with Gasteiger partial charge in [0, 0.05) is 11.6 Å². The van der Waals surface area contributed by atoms with Gasteiger partial charge in [0.15, 0.2) is 0 Å². The highest BCUT2D eigenvalue weighted by atomic mass is 35.5. The monoisotopic (exact) mass is 271 g/mol. The first-order valence-electron chi connectivity index (χ1n) is 6.00. The van der Waals surface area contributed by atoms with E-state index in [0.717, 1.165) is 12.8 Å². The van der Waals surface area contributed by atoms with Crippen LogP contribution in [0.3, 0.4) is 0 Å². The van der Waals surface area contributed by atoms with Crippen molar-refractivity contribution in [2.75, 3.05) is 0 Å². The Balaban J connectivity index is 1.97. The van der Waals surface area contributed by atoms with Crippen molar-refractivity contribution < 1.29 is 14.3 Å². The van der Waals surface area contributed by atoms with Crippen LogP contribution in [0, 0.1) is 5.82 Å². The van der Waals surface area contributed by atoms with E-state index in [1.807, 2.05) is 0 Å². The molecule has 1 saturated carbocycles. The molecule has 1 aromatic rings. The number of nitrogens with one attached hydrogen (secondary N) is 1. The Morgan fingerprint density at radius 1 is 1.33 bits per heavy atom. The highest BCUT2D eigenvalue weighted by molar-refractivity contribution is 6.31. The Kier molecular flexibility index (Phi) is 4.19. The second-order valence-electron chi connectivity index (χ2n) is 4.61. The van der Waals surface area contributed by atoms with E-state index in [-0.39, 0.29) is 23.1 Å². The molecule has 1 fully saturated rings. The second kappa shape index (κ2) is 5.67. The molecule has 2 rings (SSSR count). The van der Waals surface area contributed by atoms with Gasteiger partial charge in [0.1, 0.15) is 5.82 Å². The van der Waals surface area contributed by atoms with Gasteiger partial charge in [0.05, 0.1) is 11.1 Å². The highest BCUT2D eigenvalue weighted by Crippen LogP contribution is 2.20. The van der Waals surface area contributed by atoms with Crippen molar-refractivity contribution >= 4 is 17.5 Å². The number of benzene rings is 1. The van der Waals surface area contributed by atoms with Crippen LogP contribution < -0.4 is 5.32 Å². The first-order valence-corrected chi connectivity index (χ1v) is 6.38. The maximum absolute atomic E-state index is 13.0. The number of rotatable bonds is 2. The summed E-state index contributed by atoms with van der Waals surface area (Å²) in [7, 11) is 0. The van der Waals surface area contributed by atoms with Gasteiger partial charge in [0.25, 0.3) is 5.91 Å². The van der Waals surface area contributed by atoms with Crippen molar-refractivity contribution in [1.82, 2.24) is 5.32 Å². The third-order valence-corrected chi connectivity index (χ3v) is 3.50. The second-order valence-corrected chi connectivity index (χ2v) is 5.01. The fourth-order valence-electron chi connectivity index (χ4n) is 2.13. The van der Waals surface area contributed by atoms with Crippen molar-refractivity contribution in [3.8, 4) is 0 Å². The van der Waals surface area contributed by atoms with Crippen molar-refractivity contribution in [3.05, 3.63) is 34.6 Å². The molecule has 3 nitrogen and oxygen atoms in total.